The van der Waals surface area contributed by atoms with E-state index in [1.165, 1.54) is 16.3 Å². The third-order valence-electron chi connectivity index (χ3n) is 6.02. The Kier molecular flexibility index (Phi) is 7.76. The van der Waals surface area contributed by atoms with E-state index >= 15 is 0 Å². The van der Waals surface area contributed by atoms with Crippen LogP contribution < -0.4 is 10.6 Å². The van der Waals surface area contributed by atoms with Gasteiger partial charge in [-0.25, -0.2) is 0 Å². The fourth-order valence-corrected chi connectivity index (χ4v) is 4.45. The van der Waals surface area contributed by atoms with Gasteiger partial charge in [-0.1, -0.05) is 60.1 Å². The Hall–Kier alpha value is -2.44. The van der Waals surface area contributed by atoms with Crippen molar-refractivity contribution in [2.24, 2.45) is 0 Å². The molecule has 0 radical (unpaired) electrons. The molecule has 3 aromatic carbocycles. The third-order valence-corrected chi connectivity index (χ3v) is 6.27. The fraction of sp³-hybridized carbons (Fsp3) is 0.346. The van der Waals surface area contributed by atoms with E-state index in [9.17, 15) is 4.79 Å². The Balaban J connectivity index is 1.41. The molecule has 4 rings (SSSR count). The van der Waals surface area contributed by atoms with Crippen LogP contribution in [0.3, 0.4) is 0 Å². The van der Waals surface area contributed by atoms with E-state index in [0.717, 1.165) is 30.1 Å². The van der Waals surface area contributed by atoms with Crippen molar-refractivity contribution in [2.75, 3.05) is 26.8 Å². The van der Waals surface area contributed by atoms with Crippen LogP contribution in [0, 0.1) is 0 Å². The summed E-state index contributed by atoms with van der Waals surface area (Å²) in [6.07, 6.45) is 0.778. The lowest BCUT2D eigenvalue weighted by atomic mass is 10.1. The molecule has 1 aliphatic heterocycles. The van der Waals surface area contributed by atoms with Crippen molar-refractivity contribution in [1.82, 2.24) is 15.5 Å². The average Bonchev–Trinajstić information content (AvgIpc) is 3.22. The zero-order chi connectivity index (χ0) is 22.3. The van der Waals surface area contributed by atoms with Crippen LogP contribution in [0.1, 0.15) is 17.5 Å². The minimum absolute atomic E-state index is 0.0611. The third kappa shape index (κ3) is 5.87. The normalized spacial score (nSPS) is 18.8. The monoisotopic (exact) mass is 451 g/mol. The van der Waals surface area contributed by atoms with Crippen LogP contribution in [-0.2, 0) is 22.6 Å². The van der Waals surface area contributed by atoms with Gasteiger partial charge < -0.3 is 15.4 Å². The molecule has 3 aromatic rings. The lowest BCUT2D eigenvalue weighted by Gasteiger charge is -2.23. The minimum Gasteiger partial charge on any atom is -0.383 e. The summed E-state index contributed by atoms with van der Waals surface area (Å²) in [7, 11) is 1.64. The zero-order valence-electron chi connectivity index (χ0n) is 18.4. The molecule has 0 bridgehead atoms. The average molecular weight is 452 g/mol. The fourth-order valence-electron chi connectivity index (χ4n) is 4.33. The topological polar surface area (TPSA) is 53.6 Å². The first-order valence-electron chi connectivity index (χ1n) is 11.1. The standard InChI is InChI=1S/C26H30ClN3O2/c1-32-13-12-28-26(31)25-15-24(18-30(25)17-19-7-10-23(27)11-8-19)29-16-20-6-9-21-4-2-3-5-22(21)14-20/h2-11,14,24-25,29H,12-13,15-18H2,1H3,(H,28,31)/t24-,25-/m0/s1. The van der Waals surface area contributed by atoms with Gasteiger partial charge in [0.25, 0.3) is 0 Å². The van der Waals surface area contributed by atoms with Crippen molar-refractivity contribution >= 4 is 28.3 Å². The lowest BCUT2D eigenvalue weighted by Crippen LogP contribution is -2.43. The largest absolute Gasteiger partial charge is 0.383 e. The highest BCUT2D eigenvalue weighted by atomic mass is 35.5. The summed E-state index contributed by atoms with van der Waals surface area (Å²) >= 11 is 6.04. The number of halogens is 1. The molecule has 0 unspecified atom stereocenters. The number of rotatable bonds is 9. The van der Waals surface area contributed by atoms with Crippen molar-refractivity contribution < 1.29 is 9.53 Å². The van der Waals surface area contributed by atoms with Gasteiger partial charge >= 0.3 is 0 Å². The molecule has 2 atom stereocenters. The Labute approximate surface area is 194 Å². The first-order chi connectivity index (χ1) is 15.6. The van der Waals surface area contributed by atoms with Crippen LogP contribution in [0.4, 0.5) is 0 Å². The molecule has 1 aliphatic rings. The summed E-state index contributed by atoms with van der Waals surface area (Å²) in [4.78, 5) is 15.1. The molecule has 1 fully saturated rings. The number of likely N-dealkylation sites (tertiary alicyclic amines) is 1. The number of fused-ring (bicyclic) bond motifs is 1. The summed E-state index contributed by atoms with van der Waals surface area (Å²) < 4.78 is 5.07. The Morgan fingerprint density at radius 2 is 1.81 bits per heavy atom. The van der Waals surface area contributed by atoms with Gasteiger partial charge in [0.1, 0.15) is 0 Å². The molecular weight excluding hydrogens is 422 g/mol. The summed E-state index contributed by atoms with van der Waals surface area (Å²) in [5, 5.41) is 9.90. The molecule has 168 valence electrons. The number of amides is 1. The van der Waals surface area contributed by atoms with Gasteiger partial charge in [0.05, 0.1) is 12.6 Å². The number of carbonyl (C=O) groups excluding carboxylic acids is 1. The second-order valence-electron chi connectivity index (χ2n) is 8.35. The van der Waals surface area contributed by atoms with Crippen LogP contribution in [-0.4, -0.2) is 49.7 Å². The Bertz CT molecular complexity index is 1040. The molecule has 2 N–H and O–H groups in total. The number of nitrogens with zero attached hydrogens (tertiary/aromatic N) is 1. The van der Waals surface area contributed by atoms with Gasteiger partial charge in [0.15, 0.2) is 0 Å². The van der Waals surface area contributed by atoms with Gasteiger partial charge in [-0.05, 0) is 46.5 Å². The first kappa shape index (κ1) is 22.7. The van der Waals surface area contributed by atoms with Gasteiger partial charge in [-0.2, -0.15) is 0 Å². The Morgan fingerprint density at radius 1 is 1.06 bits per heavy atom. The molecule has 32 heavy (non-hydrogen) atoms. The predicted octanol–water partition coefficient (Wildman–Crippen LogP) is 3.99. The number of ether oxygens (including phenoxy) is 1. The van der Waals surface area contributed by atoms with E-state index in [-0.39, 0.29) is 18.0 Å². The molecule has 1 saturated heterocycles. The lowest BCUT2D eigenvalue weighted by molar-refractivity contribution is -0.125. The number of benzene rings is 3. The van der Waals surface area contributed by atoms with Crippen molar-refractivity contribution in [1.29, 1.82) is 0 Å². The van der Waals surface area contributed by atoms with E-state index in [0.29, 0.717) is 19.7 Å². The maximum Gasteiger partial charge on any atom is 0.237 e. The molecule has 1 heterocycles. The number of carbonyl (C=O) groups is 1. The zero-order valence-corrected chi connectivity index (χ0v) is 19.1. The summed E-state index contributed by atoms with van der Waals surface area (Å²) in [6, 6.07) is 22.9. The van der Waals surface area contributed by atoms with Crippen LogP contribution in [0.5, 0.6) is 0 Å². The van der Waals surface area contributed by atoms with Gasteiger partial charge in [0, 0.05) is 44.4 Å². The van der Waals surface area contributed by atoms with Crippen molar-refractivity contribution in [3.63, 3.8) is 0 Å². The van der Waals surface area contributed by atoms with E-state index in [4.69, 9.17) is 16.3 Å². The highest BCUT2D eigenvalue weighted by molar-refractivity contribution is 6.30. The van der Waals surface area contributed by atoms with Crippen LogP contribution in [0.25, 0.3) is 10.8 Å². The molecule has 1 amide bonds. The SMILES string of the molecule is COCCNC(=O)[C@@H]1C[C@H](NCc2ccc3ccccc3c2)CN1Cc1ccc(Cl)cc1. The number of methoxy groups -OCH3 is 1. The highest BCUT2D eigenvalue weighted by Crippen LogP contribution is 2.23. The molecule has 0 saturated carbocycles. The molecule has 0 spiro atoms. The second-order valence-corrected chi connectivity index (χ2v) is 8.79. The van der Waals surface area contributed by atoms with Gasteiger partial charge in [-0.3, -0.25) is 9.69 Å². The van der Waals surface area contributed by atoms with E-state index in [1.807, 2.05) is 24.3 Å². The Morgan fingerprint density at radius 3 is 2.59 bits per heavy atom. The van der Waals surface area contributed by atoms with Crippen molar-refractivity contribution in [2.45, 2.75) is 31.6 Å². The molecule has 5 nitrogen and oxygen atoms in total. The van der Waals surface area contributed by atoms with Crippen molar-refractivity contribution in [3.05, 3.63) is 82.9 Å². The number of hydrogen-bond acceptors (Lipinski definition) is 4. The minimum atomic E-state index is -0.170. The smallest absolute Gasteiger partial charge is 0.237 e. The van der Waals surface area contributed by atoms with E-state index in [2.05, 4.69) is 58.0 Å². The maximum absolute atomic E-state index is 12.9. The van der Waals surface area contributed by atoms with Crippen molar-refractivity contribution in [3.8, 4) is 0 Å². The van der Waals surface area contributed by atoms with Crippen LogP contribution in [0.2, 0.25) is 5.02 Å². The molecular formula is C26H30ClN3O2. The molecule has 0 aliphatic carbocycles. The van der Waals surface area contributed by atoms with Crippen LogP contribution >= 0.6 is 11.6 Å². The second kappa shape index (κ2) is 10.9. The maximum atomic E-state index is 12.9. The van der Waals surface area contributed by atoms with Gasteiger partial charge in [0.2, 0.25) is 5.91 Å². The molecule has 0 aromatic heterocycles. The van der Waals surface area contributed by atoms with E-state index in [1.54, 1.807) is 7.11 Å². The quantitative estimate of drug-likeness (QED) is 0.483. The van der Waals surface area contributed by atoms with Crippen LogP contribution in [0.15, 0.2) is 66.7 Å². The number of nitrogens with one attached hydrogen (secondary N) is 2. The predicted molar refractivity (Wildman–Crippen MR) is 130 cm³/mol. The van der Waals surface area contributed by atoms with E-state index < -0.39 is 0 Å². The van der Waals surface area contributed by atoms with Gasteiger partial charge in [-0.15, -0.1) is 0 Å². The number of hydrogen-bond donors (Lipinski definition) is 2. The highest BCUT2D eigenvalue weighted by Gasteiger charge is 2.36. The summed E-state index contributed by atoms with van der Waals surface area (Å²) in [6.45, 7) is 3.35. The molecule has 6 heteroatoms. The summed E-state index contributed by atoms with van der Waals surface area (Å²) in [5.74, 6) is 0.0611. The first-order valence-corrected chi connectivity index (χ1v) is 11.5. The summed E-state index contributed by atoms with van der Waals surface area (Å²) in [5.41, 5.74) is 2.40.